The summed E-state index contributed by atoms with van der Waals surface area (Å²) in [7, 11) is 0. The fourth-order valence-corrected chi connectivity index (χ4v) is 2.35. The quantitative estimate of drug-likeness (QED) is 0.867. The van der Waals surface area contributed by atoms with Crippen molar-refractivity contribution in [1.82, 2.24) is 5.32 Å². The number of nitrogens with one attached hydrogen (secondary N) is 1. The van der Waals surface area contributed by atoms with Gasteiger partial charge in [-0.1, -0.05) is 50.2 Å². The van der Waals surface area contributed by atoms with Crippen LogP contribution in [-0.2, 0) is 0 Å². The third-order valence-electron chi connectivity index (χ3n) is 3.41. The summed E-state index contributed by atoms with van der Waals surface area (Å²) in [5, 5.41) is 2.80. The second kappa shape index (κ2) is 7.16. The minimum Gasteiger partial charge on any atom is -0.345 e. The molecular formula is C18H19F2NO. The van der Waals surface area contributed by atoms with Crippen molar-refractivity contribution in [3.63, 3.8) is 0 Å². The standard InChI is InChI=1S/C18H19F2NO/c1-12(2)11-16(13-7-4-3-5-8-13)21-18(22)14-9-6-10-15(19)17(14)20/h3-10,12,16H,11H2,1-2H3,(H,21,22). The SMILES string of the molecule is CC(C)CC(NC(=O)c1cccc(F)c1F)c1ccccc1. The second-order valence-electron chi connectivity index (χ2n) is 5.67. The van der Waals surface area contributed by atoms with Crippen LogP contribution in [0.3, 0.4) is 0 Å². The number of hydrogen-bond acceptors (Lipinski definition) is 1. The van der Waals surface area contributed by atoms with Crippen LogP contribution in [0.1, 0.15) is 42.2 Å². The summed E-state index contributed by atoms with van der Waals surface area (Å²) in [6, 6.07) is 12.9. The van der Waals surface area contributed by atoms with Crippen LogP contribution in [0.4, 0.5) is 8.78 Å². The second-order valence-corrected chi connectivity index (χ2v) is 5.67. The molecule has 0 saturated heterocycles. The van der Waals surface area contributed by atoms with Crippen molar-refractivity contribution in [2.45, 2.75) is 26.3 Å². The molecule has 0 bridgehead atoms. The average Bonchev–Trinajstić information content (AvgIpc) is 2.49. The molecule has 0 spiro atoms. The molecule has 4 heteroatoms. The lowest BCUT2D eigenvalue weighted by Crippen LogP contribution is -2.30. The molecule has 1 unspecified atom stereocenters. The summed E-state index contributed by atoms with van der Waals surface area (Å²) in [5.74, 6) is -2.39. The Labute approximate surface area is 129 Å². The zero-order chi connectivity index (χ0) is 16.1. The number of hydrogen-bond donors (Lipinski definition) is 1. The van der Waals surface area contributed by atoms with Crippen LogP contribution in [0.25, 0.3) is 0 Å². The van der Waals surface area contributed by atoms with Crippen LogP contribution in [-0.4, -0.2) is 5.91 Å². The highest BCUT2D eigenvalue weighted by Gasteiger charge is 2.20. The van der Waals surface area contributed by atoms with Crippen LogP contribution in [0.15, 0.2) is 48.5 Å². The summed E-state index contributed by atoms with van der Waals surface area (Å²) in [6.07, 6.45) is 0.715. The normalized spacial score (nSPS) is 12.2. The largest absolute Gasteiger partial charge is 0.345 e. The van der Waals surface area contributed by atoms with Gasteiger partial charge in [0.15, 0.2) is 11.6 Å². The van der Waals surface area contributed by atoms with E-state index < -0.39 is 17.5 Å². The molecule has 0 fully saturated rings. The Morgan fingerprint density at radius 2 is 1.73 bits per heavy atom. The van der Waals surface area contributed by atoms with Gasteiger partial charge in [0, 0.05) is 0 Å². The van der Waals surface area contributed by atoms with E-state index in [4.69, 9.17) is 0 Å². The Hall–Kier alpha value is -2.23. The Morgan fingerprint density at radius 3 is 2.36 bits per heavy atom. The van der Waals surface area contributed by atoms with Crippen molar-refractivity contribution >= 4 is 5.91 Å². The Kier molecular flexibility index (Phi) is 5.26. The van der Waals surface area contributed by atoms with E-state index in [1.807, 2.05) is 44.2 Å². The van der Waals surface area contributed by atoms with E-state index in [1.165, 1.54) is 12.1 Å². The van der Waals surface area contributed by atoms with Gasteiger partial charge in [0.05, 0.1) is 11.6 Å². The van der Waals surface area contributed by atoms with E-state index in [0.29, 0.717) is 12.3 Å². The smallest absolute Gasteiger partial charge is 0.254 e. The van der Waals surface area contributed by atoms with Crippen molar-refractivity contribution in [2.24, 2.45) is 5.92 Å². The van der Waals surface area contributed by atoms with Gasteiger partial charge in [0.2, 0.25) is 0 Å². The minimum atomic E-state index is -1.11. The highest BCUT2D eigenvalue weighted by Crippen LogP contribution is 2.22. The number of carbonyl (C=O) groups excluding carboxylic acids is 1. The van der Waals surface area contributed by atoms with Crippen LogP contribution in [0.2, 0.25) is 0 Å². The molecular weight excluding hydrogens is 284 g/mol. The maximum atomic E-state index is 13.7. The summed E-state index contributed by atoms with van der Waals surface area (Å²) in [6.45, 7) is 4.09. The van der Waals surface area contributed by atoms with Gasteiger partial charge in [0.1, 0.15) is 0 Å². The first-order valence-electron chi connectivity index (χ1n) is 7.29. The maximum Gasteiger partial charge on any atom is 0.254 e. The number of rotatable bonds is 5. The summed E-state index contributed by atoms with van der Waals surface area (Å²) in [5.41, 5.74) is 0.672. The molecule has 0 aromatic heterocycles. The lowest BCUT2D eigenvalue weighted by Gasteiger charge is -2.21. The number of amides is 1. The zero-order valence-electron chi connectivity index (χ0n) is 12.6. The predicted octanol–water partition coefficient (Wildman–Crippen LogP) is 4.48. The summed E-state index contributed by atoms with van der Waals surface area (Å²) >= 11 is 0. The van der Waals surface area contributed by atoms with Crippen molar-refractivity contribution in [3.8, 4) is 0 Å². The molecule has 2 rings (SSSR count). The van der Waals surface area contributed by atoms with Gasteiger partial charge in [0.25, 0.3) is 5.91 Å². The van der Waals surface area contributed by atoms with Crippen molar-refractivity contribution in [1.29, 1.82) is 0 Å². The van der Waals surface area contributed by atoms with Crippen LogP contribution < -0.4 is 5.32 Å². The van der Waals surface area contributed by atoms with E-state index in [2.05, 4.69) is 5.32 Å². The molecule has 0 radical (unpaired) electrons. The number of halogens is 2. The average molecular weight is 303 g/mol. The number of benzene rings is 2. The van der Waals surface area contributed by atoms with E-state index >= 15 is 0 Å². The van der Waals surface area contributed by atoms with Gasteiger partial charge < -0.3 is 5.32 Å². The summed E-state index contributed by atoms with van der Waals surface area (Å²) < 4.78 is 27.0. The maximum absolute atomic E-state index is 13.7. The van der Waals surface area contributed by atoms with Gasteiger partial charge in [-0.25, -0.2) is 8.78 Å². The van der Waals surface area contributed by atoms with Gasteiger partial charge in [-0.2, -0.15) is 0 Å². The van der Waals surface area contributed by atoms with Crippen LogP contribution >= 0.6 is 0 Å². The molecule has 0 heterocycles. The lowest BCUT2D eigenvalue weighted by molar-refractivity contribution is 0.0927. The highest BCUT2D eigenvalue weighted by atomic mass is 19.2. The molecule has 2 aromatic rings. The zero-order valence-corrected chi connectivity index (χ0v) is 12.6. The minimum absolute atomic E-state index is 0.239. The van der Waals surface area contributed by atoms with Gasteiger partial charge >= 0.3 is 0 Å². The third kappa shape index (κ3) is 3.91. The van der Waals surface area contributed by atoms with E-state index in [-0.39, 0.29) is 11.6 Å². The highest BCUT2D eigenvalue weighted by molar-refractivity contribution is 5.94. The number of carbonyl (C=O) groups is 1. The third-order valence-corrected chi connectivity index (χ3v) is 3.41. The Morgan fingerprint density at radius 1 is 1.05 bits per heavy atom. The molecule has 1 N–H and O–H groups in total. The van der Waals surface area contributed by atoms with E-state index in [0.717, 1.165) is 11.6 Å². The predicted molar refractivity (Wildman–Crippen MR) is 82.5 cm³/mol. The van der Waals surface area contributed by atoms with Crippen molar-refractivity contribution in [2.75, 3.05) is 0 Å². The molecule has 116 valence electrons. The van der Waals surface area contributed by atoms with Crippen LogP contribution in [0, 0.1) is 17.6 Å². The van der Waals surface area contributed by atoms with Gasteiger partial charge in [-0.05, 0) is 30.0 Å². The fourth-order valence-electron chi connectivity index (χ4n) is 2.35. The summed E-state index contributed by atoms with van der Waals surface area (Å²) in [4.78, 5) is 12.3. The molecule has 0 aliphatic rings. The molecule has 2 aromatic carbocycles. The molecule has 22 heavy (non-hydrogen) atoms. The first-order valence-corrected chi connectivity index (χ1v) is 7.29. The van der Waals surface area contributed by atoms with Gasteiger partial charge in [-0.3, -0.25) is 4.79 Å². The molecule has 1 atom stereocenters. The Bertz CT molecular complexity index is 641. The van der Waals surface area contributed by atoms with Crippen LogP contribution in [0.5, 0.6) is 0 Å². The monoisotopic (exact) mass is 303 g/mol. The van der Waals surface area contributed by atoms with Crippen molar-refractivity contribution < 1.29 is 13.6 Å². The molecule has 1 amide bonds. The molecule has 0 aliphatic carbocycles. The molecule has 0 aliphatic heterocycles. The van der Waals surface area contributed by atoms with E-state index in [9.17, 15) is 13.6 Å². The molecule has 2 nitrogen and oxygen atoms in total. The first kappa shape index (κ1) is 16.1. The Balaban J connectivity index is 2.23. The molecule has 0 saturated carbocycles. The van der Waals surface area contributed by atoms with Crippen molar-refractivity contribution in [3.05, 3.63) is 71.3 Å². The van der Waals surface area contributed by atoms with Gasteiger partial charge in [-0.15, -0.1) is 0 Å². The topological polar surface area (TPSA) is 29.1 Å². The fraction of sp³-hybridized carbons (Fsp3) is 0.278. The first-order chi connectivity index (χ1) is 10.5. The lowest BCUT2D eigenvalue weighted by atomic mass is 9.96. The van der Waals surface area contributed by atoms with E-state index in [1.54, 1.807) is 0 Å².